The van der Waals surface area contributed by atoms with E-state index in [1.54, 1.807) is 0 Å². The van der Waals surface area contributed by atoms with Crippen LogP contribution in [-0.4, -0.2) is 153 Å². The van der Waals surface area contributed by atoms with E-state index in [2.05, 4.69) is 52.2 Å². The molecule has 478 valence electrons. The molecule has 4 aliphatic heterocycles. The summed E-state index contributed by atoms with van der Waals surface area (Å²) in [6.45, 7) is -2.49. The zero-order chi connectivity index (χ0) is 63.5. The van der Waals surface area contributed by atoms with Crippen LogP contribution < -0.4 is 39.7 Å². The number of phosphoric acid groups is 4. The summed E-state index contributed by atoms with van der Waals surface area (Å²) in [6, 6.07) is 1.23. The van der Waals surface area contributed by atoms with Crippen LogP contribution in [0, 0.1) is 31.1 Å². The van der Waals surface area contributed by atoms with E-state index < -0.39 is 179 Å². The normalized spacial score (nSPS) is 27.6. The molecular weight excluding hydrogens is 1260 g/mol. The maximum atomic E-state index is 14.0. The fraction of sp³-hybridized carbons (Fsp3) is 0.543. The number of terminal acetylenes is 1. The van der Waals surface area contributed by atoms with Gasteiger partial charge < -0.3 is 60.0 Å². The van der Waals surface area contributed by atoms with Gasteiger partial charge in [-0.2, -0.15) is 4.98 Å². The van der Waals surface area contributed by atoms with E-state index in [9.17, 15) is 71.8 Å². The third kappa shape index (κ3) is 16.6. The molecule has 0 spiro atoms. The van der Waals surface area contributed by atoms with Crippen molar-refractivity contribution in [2.75, 3.05) is 37.9 Å². The van der Waals surface area contributed by atoms with E-state index in [0.29, 0.717) is 25.7 Å². The molecule has 0 amide bonds. The van der Waals surface area contributed by atoms with E-state index in [4.69, 9.17) is 64.0 Å². The number of aromatic nitrogens is 10. The molecule has 42 heteroatoms. The topological polar surface area (TPSA) is 531 Å². The number of hydrogen-bond acceptors (Lipinski definition) is 27. The number of aryl methyl sites for hydroxylation is 1. The van der Waals surface area contributed by atoms with Gasteiger partial charge in [-0.1, -0.05) is 11.8 Å². The number of ether oxygens (including phenoxy) is 4. The van der Waals surface area contributed by atoms with Gasteiger partial charge >= 0.3 is 48.4 Å². The number of phosphoric ester groups is 4. The molecule has 9 rings (SSSR count). The molecule has 4 aliphatic rings. The number of imidazole rings is 1. The highest BCUT2D eigenvalue weighted by molar-refractivity contribution is 7.48. The summed E-state index contributed by atoms with van der Waals surface area (Å²) in [6.07, 6.45) is -5.98. The average Bonchev–Trinajstić information content (AvgIpc) is 2.13. The van der Waals surface area contributed by atoms with Crippen LogP contribution in [0.5, 0.6) is 0 Å². The summed E-state index contributed by atoms with van der Waals surface area (Å²) in [4.78, 5) is 136. The number of anilines is 2. The van der Waals surface area contributed by atoms with Crippen molar-refractivity contribution in [3.05, 3.63) is 101 Å². The van der Waals surface area contributed by atoms with Crippen molar-refractivity contribution in [3.63, 3.8) is 0 Å². The Bertz CT molecular complexity index is 4000. The number of aliphatic hydroxyl groups excluding tert-OH is 1. The molecule has 5 aromatic rings. The second-order valence-corrected chi connectivity index (χ2v) is 25.5. The number of aromatic amines is 2. The van der Waals surface area contributed by atoms with E-state index >= 15 is 0 Å². The molecule has 0 radical (unpaired) electrons. The van der Waals surface area contributed by atoms with E-state index in [1.165, 1.54) is 36.4 Å². The molecular formula is C46H58N12O26P4. The predicted molar refractivity (Wildman–Crippen MR) is 294 cm³/mol. The van der Waals surface area contributed by atoms with E-state index in [-0.39, 0.29) is 40.3 Å². The van der Waals surface area contributed by atoms with Gasteiger partial charge in [0, 0.05) is 62.7 Å². The van der Waals surface area contributed by atoms with Crippen LogP contribution in [0.1, 0.15) is 87.4 Å². The molecule has 0 aliphatic carbocycles. The van der Waals surface area contributed by atoms with Crippen LogP contribution in [0.25, 0.3) is 11.2 Å². The SMILES string of the molecule is C#CCCCCC#Cc1cn([C@H]2CC(OP(=O)(O)OC[C@H]3O[C@@H](n4cc(C)c(=O)[nH]c4=O)CC3OP(=O)(O)OC[C@H]3O[C@@H](n4ccc(N)nc4=O)CC3OP(=O)(O)OC[C@H]3OC(n4cnc5c(N)ncnc54)CC3O)[C@@H](COP(=O)(O)O)O2)c(=O)[nH]c1=O. The first-order valence-corrected chi connectivity index (χ1v) is 32.4. The van der Waals surface area contributed by atoms with Crippen LogP contribution in [0.3, 0.4) is 0 Å². The van der Waals surface area contributed by atoms with Crippen molar-refractivity contribution in [2.45, 2.75) is 132 Å². The maximum absolute atomic E-state index is 14.0. The summed E-state index contributed by atoms with van der Waals surface area (Å²) >= 11 is 0. The van der Waals surface area contributed by atoms with Crippen LogP contribution >= 0.6 is 31.3 Å². The van der Waals surface area contributed by atoms with Crippen LogP contribution in [-0.2, 0) is 68.9 Å². The standard InChI is InChI=1S/C46H58N12O26P4/c1-3-4-5-6-7-8-9-25-17-57(46(64)54-43(25)61)38-15-28(31(80-38)19-74-85(65,66)67)83-87(70,71)77-21-33-29(14-37(81-33)56-16-24(2)42(60)53-45(56)63)84-88(72,73)76-20-32-27(13-36(79-32)55-11-10-34(47)52-44(55)62)82-86(68,69)75-18-30-26(59)12-35(78-30)58-23-51-39-40(48)49-22-50-41(39)58/h1,10-11,16-17,22-23,26-33,35-38,59H,4-7,12-15,18-21H2,2H3,(H,68,69)(H,70,71)(H,72,73)(H2,47,52,62)(H2,48,49,50)(H,53,60,63)(H,54,61,64)(H2,65,66,67)/t26?,27?,28?,29?,30-,31-,32-,33-,35?,36-,37-,38-/m1/s1. The Morgan fingerprint density at radius 3 is 1.72 bits per heavy atom. The maximum Gasteiger partial charge on any atom is 0.472 e. The van der Waals surface area contributed by atoms with Crippen molar-refractivity contribution >= 4 is 54.1 Å². The number of H-pyrrole nitrogens is 2. The zero-order valence-corrected chi connectivity index (χ0v) is 49.4. The molecule has 4 saturated heterocycles. The van der Waals surface area contributed by atoms with Gasteiger partial charge in [-0.05, 0) is 25.8 Å². The van der Waals surface area contributed by atoms with Crippen molar-refractivity contribution in [3.8, 4) is 24.2 Å². The molecule has 12 N–H and O–H groups in total. The molecule has 0 aromatic carbocycles. The smallest absolute Gasteiger partial charge is 0.390 e. The fourth-order valence-electron chi connectivity index (χ4n) is 9.62. The lowest BCUT2D eigenvalue weighted by Gasteiger charge is -2.25. The Labute approximate surface area is 494 Å². The first kappa shape index (κ1) is 66.2. The summed E-state index contributed by atoms with van der Waals surface area (Å²) in [7, 11) is -21.4. The first-order chi connectivity index (χ1) is 41.5. The molecule has 9 heterocycles. The van der Waals surface area contributed by atoms with Crippen LogP contribution in [0.2, 0.25) is 0 Å². The van der Waals surface area contributed by atoms with Crippen LogP contribution in [0.4, 0.5) is 11.6 Å². The van der Waals surface area contributed by atoms with Gasteiger partial charge in [0.15, 0.2) is 11.5 Å². The van der Waals surface area contributed by atoms with Gasteiger partial charge in [0.2, 0.25) is 0 Å². The van der Waals surface area contributed by atoms with Crippen molar-refractivity contribution in [2.24, 2.45) is 0 Å². The number of hydrogen-bond donors (Lipinski definition) is 10. The van der Waals surface area contributed by atoms with E-state index in [1.807, 2.05) is 0 Å². The lowest BCUT2D eigenvalue weighted by molar-refractivity contribution is -0.0635. The summed E-state index contributed by atoms with van der Waals surface area (Å²) in [5, 5.41) is 10.9. The predicted octanol–water partition coefficient (Wildman–Crippen LogP) is -0.672. The van der Waals surface area contributed by atoms with Gasteiger partial charge in [0.25, 0.3) is 11.1 Å². The number of nitrogens with zero attached hydrogens (tertiary/aromatic N) is 8. The minimum Gasteiger partial charge on any atom is -0.390 e. The van der Waals surface area contributed by atoms with Crippen molar-refractivity contribution in [1.82, 2.24) is 48.2 Å². The molecule has 5 aromatic heterocycles. The molecule has 4 fully saturated rings. The highest BCUT2D eigenvalue weighted by atomic mass is 31.2. The second kappa shape index (κ2) is 27.5. The molecule has 8 unspecified atom stereocenters. The minimum atomic E-state index is -5.49. The summed E-state index contributed by atoms with van der Waals surface area (Å²) in [5.74, 6) is 7.84. The van der Waals surface area contributed by atoms with Gasteiger partial charge in [-0.3, -0.25) is 69.5 Å². The lowest BCUT2D eigenvalue weighted by atomic mass is 10.2. The van der Waals surface area contributed by atoms with E-state index in [0.717, 1.165) is 26.1 Å². The fourth-order valence-corrected chi connectivity index (χ4v) is 12.8. The third-order valence-electron chi connectivity index (χ3n) is 13.9. The number of rotatable bonds is 25. The third-order valence-corrected chi connectivity index (χ3v) is 17.4. The van der Waals surface area contributed by atoms with Crippen LogP contribution in [0.15, 0.2) is 61.3 Å². The van der Waals surface area contributed by atoms with Gasteiger partial charge in [-0.15, -0.1) is 12.3 Å². The monoisotopic (exact) mass is 1320 g/mol. The highest BCUT2D eigenvalue weighted by Crippen LogP contribution is 2.54. The molecule has 38 nitrogen and oxygen atoms in total. The van der Waals surface area contributed by atoms with Gasteiger partial charge in [0.1, 0.15) is 90.9 Å². The Hall–Kier alpha value is -6.25. The number of fused-ring (bicyclic) bond motifs is 1. The quantitative estimate of drug-likeness (QED) is 0.0197. The molecule has 0 saturated carbocycles. The lowest BCUT2D eigenvalue weighted by Crippen LogP contribution is -2.33. The Morgan fingerprint density at radius 2 is 1.16 bits per heavy atom. The minimum absolute atomic E-state index is 0.000623. The zero-order valence-electron chi connectivity index (χ0n) is 45.8. The Kier molecular flexibility index (Phi) is 20.7. The molecule has 88 heavy (non-hydrogen) atoms. The van der Waals surface area contributed by atoms with Gasteiger partial charge in [-0.25, -0.2) is 47.6 Å². The number of nitrogens with one attached hydrogen (secondary N) is 2. The average molecular weight is 1320 g/mol. The van der Waals surface area contributed by atoms with Gasteiger partial charge in [0.05, 0.1) is 38.9 Å². The first-order valence-electron chi connectivity index (χ1n) is 26.4. The number of aliphatic hydroxyl groups is 1. The number of nitrogens with two attached hydrogens (primary N) is 2. The summed E-state index contributed by atoms with van der Waals surface area (Å²) in [5.41, 5.74) is 7.26. The molecule has 15 atom stereocenters. The number of nitrogen functional groups attached to an aromatic ring is 2. The van der Waals surface area contributed by atoms with Crippen molar-refractivity contribution in [1.29, 1.82) is 0 Å². The highest BCUT2D eigenvalue weighted by Gasteiger charge is 2.49. The Balaban J connectivity index is 0.887. The number of unbranched alkanes of at least 4 members (excludes halogenated alkanes) is 3. The summed E-state index contributed by atoms with van der Waals surface area (Å²) < 4.78 is 118. The Morgan fingerprint density at radius 1 is 0.659 bits per heavy atom. The molecule has 0 bridgehead atoms. The largest absolute Gasteiger partial charge is 0.472 e. The second-order valence-electron chi connectivity index (χ2n) is 20.1. The van der Waals surface area contributed by atoms with Crippen molar-refractivity contribution < 1.29 is 98.4 Å².